The lowest BCUT2D eigenvalue weighted by Gasteiger charge is -2.09. The highest BCUT2D eigenvalue weighted by Gasteiger charge is 2.12. The maximum atomic E-state index is 12.2. The van der Waals surface area contributed by atoms with E-state index in [0.717, 1.165) is 24.8 Å². The van der Waals surface area contributed by atoms with Crippen molar-refractivity contribution in [3.63, 3.8) is 0 Å². The van der Waals surface area contributed by atoms with Crippen LogP contribution < -0.4 is 14.8 Å². The molecule has 0 fully saturated rings. The maximum absolute atomic E-state index is 12.2. The van der Waals surface area contributed by atoms with E-state index in [1.165, 1.54) is 23.5 Å². The number of ether oxygens (including phenoxy) is 2. The quantitative estimate of drug-likeness (QED) is 0.312. The van der Waals surface area contributed by atoms with Gasteiger partial charge < -0.3 is 14.8 Å². The molecule has 3 rings (SSSR count). The predicted octanol–water partition coefficient (Wildman–Crippen LogP) is 4.57. The van der Waals surface area contributed by atoms with Crippen molar-refractivity contribution in [1.29, 1.82) is 0 Å². The van der Waals surface area contributed by atoms with Gasteiger partial charge in [0.15, 0.2) is 16.6 Å². The van der Waals surface area contributed by atoms with Gasteiger partial charge in [-0.2, -0.15) is 0 Å². The Bertz CT molecular complexity index is 1030. The molecule has 1 amide bonds. The van der Waals surface area contributed by atoms with Crippen LogP contribution in [0.3, 0.4) is 0 Å². The Morgan fingerprint density at radius 1 is 1.14 bits per heavy atom. The van der Waals surface area contributed by atoms with Crippen molar-refractivity contribution in [1.82, 2.24) is 4.98 Å². The van der Waals surface area contributed by atoms with Gasteiger partial charge in [0, 0.05) is 18.6 Å². The van der Waals surface area contributed by atoms with Crippen LogP contribution in [0.4, 0.5) is 10.8 Å². The summed E-state index contributed by atoms with van der Waals surface area (Å²) in [6.45, 7) is 0. The summed E-state index contributed by atoms with van der Waals surface area (Å²) >= 11 is 1.23. The number of unbranched alkanes of at least 4 members (excludes halogenated alkanes) is 1. The van der Waals surface area contributed by atoms with Gasteiger partial charge in [-0.3, -0.25) is 14.9 Å². The molecule has 0 aliphatic rings. The maximum Gasteiger partial charge on any atom is 0.270 e. The summed E-state index contributed by atoms with van der Waals surface area (Å²) in [4.78, 5) is 26.9. The van der Waals surface area contributed by atoms with Crippen molar-refractivity contribution in [2.45, 2.75) is 25.7 Å². The highest BCUT2D eigenvalue weighted by molar-refractivity contribution is 7.22. The summed E-state index contributed by atoms with van der Waals surface area (Å²) in [6.07, 6.45) is 2.80. The van der Waals surface area contributed by atoms with Gasteiger partial charge in [0.25, 0.3) is 5.69 Å². The van der Waals surface area contributed by atoms with E-state index in [-0.39, 0.29) is 11.6 Å². The molecular weight excluding hydrogens is 394 g/mol. The summed E-state index contributed by atoms with van der Waals surface area (Å²) in [6, 6.07) is 10.3. The summed E-state index contributed by atoms with van der Waals surface area (Å²) in [5, 5.41) is 14.1. The number of anilines is 1. The van der Waals surface area contributed by atoms with Crippen LogP contribution >= 0.6 is 11.3 Å². The zero-order valence-electron chi connectivity index (χ0n) is 16.1. The lowest BCUT2D eigenvalue weighted by molar-refractivity contribution is -0.384. The molecule has 152 valence electrons. The van der Waals surface area contributed by atoms with Crippen molar-refractivity contribution in [2.24, 2.45) is 0 Å². The number of hydrogen-bond acceptors (Lipinski definition) is 7. The first-order valence-corrected chi connectivity index (χ1v) is 9.87. The zero-order valence-corrected chi connectivity index (χ0v) is 17.0. The van der Waals surface area contributed by atoms with Crippen LogP contribution in [0, 0.1) is 10.1 Å². The van der Waals surface area contributed by atoms with Crippen molar-refractivity contribution < 1.29 is 19.2 Å². The van der Waals surface area contributed by atoms with Crippen LogP contribution in [0.25, 0.3) is 10.2 Å². The van der Waals surface area contributed by atoms with Gasteiger partial charge >= 0.3 is 0 Å². The molecule has 1 N–H and O–H groups in total. The summed E-state index contributed by atoms with van der Waals surface area (Å²) in [7, 11) is 3.20. The number of aryl methyl sites for hydroxylation is 1. The van der Waals surface area contributed by atoms with Crippen LogP contribution in [0.1, 0.15) is 24.8 Å². The van der Waals surface area contributed by atoms with E-state index < -0.39 is 4.92 Å². The predicted molar refractivity (Wildman–Crippen MR) is 112 cm³/mol. The number of carbonyl (C=O) groups is 1. The largest absolute Gasteiger partial charge is 0.493 e. The molecule has 29 heavy (non-hydrogen) atoms. The number of nitro benzene ring substituents is 1. The third kappa shape index (κ3) is 5.20. The number of hydrogen-bond donors (Lipinski definition) is 1. The minimum absolute atomic E-state index is 0.00851. The lowest BCUT2D eigenvalue weighted by Crippen LogP contribution is -2.10. The molecule has 3 aromatic rings. The molecule has 0 saturated heterocycles. The van der Waals surface area contributed by atoms with Crippen molar-refractivity contribution in [2.75, 3.05) is 19.5 Å². The van der Waals surface area contributed by atoms with Crippen LogP contribution in [0.5, 0.6) is 11.5 Å². The second kappa shape index (κ2) is 9.33. The fraction of sp³-hybridized carbons (Fsp3) is 0.300. The van der Waals surface area contributed by atoms with Gasteiger partial charge in [0.2, 0.25) is 5.91 Å². The number of methoxy groups -OCH3 is 2. The number of amides is 1. The third-order valence-corrected chi connectivity index (χ3v) is 5.33. The highest BCUT2D eigenvalue weighted by Crippen LogP contribution is 2.30. The Hall–Kier alpha value is -3.20. The van der Waals surface area contributed by atoms with E-state index >= 15 is 0 Å². The molecule has 9 heteroatoms. The number of fused-ring (bicyclic) bond motifs is 1. The lowest BCUT2D eigenvalue weighted by atomic mass is 10.1. The monoisotopic (exact) mass is 415 g/mol. The number of nitrogens with one attached hydrogen (secondary N) is 1. The van der Waals surface area contributed by atoms with Gasteiger partial charge in [-0.05, 0) is 43.0 Å². The number of aromatic nitrogens is 1. The first-order chi connectivity index (χ1) is 14.0. The Morgan fingerprint density at radius 3 is 2.66 bits per heavy atom. The van der Waals surface area contributed by atoms with Crippen molar-refractivity contribution in [3.8, 4) is 11.5 Å². The van der Waals surface area contributed by atoms with Gasteiger partial charge in [-0.15, -0.1) is 0 Å². The standard InChI is InChI=1S/C20H21N3O5S/c1-27-16-10-7-13(11-17(16)28-2)5-3-4-6-19(24)22-20-21-15-9-8-14(23(25)26)12-18(15)29-20/h7-12H,3-6H2,1-2H3,(H,21,22,24). The molecule has 1 aromatic heterocycles. The number of non-ortho nitro benzene ring substituents is 1. The first-order valence-electron chi connectivity index (χ1n) is 9.06. The number of benzene rings is 2. The number of rotatable bonds is 9. The van der Waals surface area contributed by atoms with Gasteiger partial charge in [0.05, 0.1) is 29.4 Å². The van der Waals surface area contributed by atoms with Crippen LogP contribution in [0.15, 0.2) is 36.4 Å². The smallest absolute Gasteiger partial charge is 0.270 e. The Balaban J connectivity index is 1.49. The Labute approximate surface area is 171 Å². The van der Waals surface area contributed by atoms with E-state index in [0.29, 0.717) is 33.3 Å². The van der Waals surface area contributed by atoms with Crippen molar-refractivity contribution in [3.05, 3.63) is 52.1 Å². The second-order valence-electron chi connectivity index (χ2n) is 6.37. The fourth-order valence-corrected chi connectivity index (χ4v) is 3.83. The molecular formula is C20H21N3O5S. The number of nitro groups is 1. The van der Waals surface area contributed by atoms with Gasteiger partial charge in [-0.1, -0.05) is 17.4 Å². The van der Waals surface area contributed by atoms with Gasteiger partial charge in [0.1, 0.15) is 0 Å². The van der Waals surface area contributed by atoms with E-state index in [1.54, 1.807) is 20.3 Å². The Kier molecular flexibility index (Phi) is 6.61. The topological polar surface area (TPSA) is 104 Å². The normalized spacial score (nSPS) is 10.7. The first kappa shape index (κ1) is 20.5. The average molecular weight is 415 g/mol. The number of nitrogens with zero attached hydrogens (tertiary/aromatic N) is 2. The molecule has 0 aliphatic carbocycles. The second-order valence-corrected chi connectivity index (χ2v) is 7.40. The molecule has 0 spiro atoms. The fourth-order valence-electron chi connectivity index (χ4n) is 2.91. The summed E-state index contributed by atoms with van der Waals surface area (Å²) < 4.78 is 11.2. The Morgan fingerprint density at radius 2 is 1.93 bits per heavy atom. The SMILES string of the molecule is COc1ccc(CCCCC(=O)Nc2nc3ccc([N+](=O)[O-])cc3s2)cc1OC. The third-order valence-electron chi connectivity index (χ3n) is 4.40. The molecule has 0 aliphatic heterocycles. The molecule has 0 bridgehead atoms. The van der Waals surface area contributed by atoms with E-state index in [4.69, 9.17) is 9.47 Å². The molecule has 0 saturated carbocycles. The minimum Gasteiger partial charge on any atom is -0.493 e. The molecule has 0 atom stereocenters. The van der Waals surface area contributed by atoms with Crippen LogP contribution in [-0.4, -0.2) is 30.0 Å². The number of thiazole rings is 1. The molecule has 1 heterocycles. The van der Waals surface area contributed by atoms with Gasteiger partial charge in [-0.25, -0.2) is 4.98 Å². The summed E-state index contributed by atoms with van der Waals surface area (Å²) in [5.74, 6) is 1.27. The van der Waals surface area contributed by atoms with E-state index in [1.807, 2.05) is 18.2 Å². The number of carbonyl (C=O) groups excluding carboxylic acids is 1. The van der Waals surface area contributed by atoms with Crippen LogP contribution in [0.2, 0.25) is 0 Å². The van der Waals surface area contributed by atoms with Crippen LogP contribution in [-0.2, 0) is 11.2 Å². The molecule has 0 unspecified atom stereocenters. The molecule has 2 aromatic carbocycles. The van der Waals surface area contributed by atoms with E-state index in [2.05, 4.69) is 10.3 Å². The zero-order chi connectivity index (χ0) is 20.8. The highest BCUT2D eigenvalue weighted by atomic mass is 32.1. The summed E-state index contributed by atoms with van der Waals surface area (Å²) in [5.41, 5.74) is 1.76. The average Bonchev–Trinajstić information content (AvgIpc) is 3.12. The van der Waals surface area contributed by atoms with Crippen molar-refractivity contribution >= 4 is 38.3 Å². The van der Waals surface area contributed by atoms with E-state index in [9.17, 15) is 14.9 Å². The molecule has 8 nitrogen and oxygen atoms in total. The molecule has 0 radical (unpaired) electrons. The minimum atomic E-state index is -0.449.